The molecule has 2 N–H and O–H groups in total. The highest BCUT2D eigenvalue weighted by Gasteiger charge is 2.30. The van der Waals surface area contributed by atoms with Crippen molar-refractivity contribution in [1.82, 2.24) is 14.6 Å². The number of benzene rings is 1. The standard InChI is InChI=1S/C20H24N3O7PS/c1-13-11-23(20(26)21-18(13)24)17-10-9-16(29-17)12-28-31(32,22-14(2)19(25)27-3)30-15-7-5-4-6-8-15/h4-11,14,16-17H,12H2,1-3H3,(H,22,32)(H,21,24,26)/t14-,16+,17-,31?/m1/s1. The fourth-order valence-corrected chi connectivity index (χ4v) is 5.28. The summed E-state index contributed by atoms with van der Waals surface area (Å²) in [7, 11) is 1.28. The first-order chi connectivity index (χ1) is 15.2. The van der Waals surface area contributed by atoms with Crippen LogP contribution in [-0.4, -0.2) is 41.4 Å². The summed E-state index contributed by atoms with van der Waals surface area (Å²) in [6, 6.07) is 8.10. The van der Waals surface area contributed by atoms with E-state index in [1.165, 1.54) is 17.9 Å². The molecular formula is C20H24N3O7PS. The summed E-state index contributed by atoms with van der Waals surface area (Å²) in [6.45, 7) is 0.0202. The molecule has 0 amide bonds. The number of rotatable bonds is 9. The highest BCUT2D eigenvalue weighted by atomic mass is 32.5. The lowest BCUT2D eigenvalue weighted by atomic mass is 10.3. The number of H-pyrrole nitrogens is 1. The van der Waals surface area contributed by atoms with E-state index in [4.69, 9.17) is 30.3 Å². The van der Waals surface area contributed by atoms with Gasteiger partial charge in [0.15, 0.2) is 6.23 Å². The van der Waals surface area contributed by atoms with E-state index >= 15 is 0 Å². The van der Waals surface area contributed by atoms with Gasteiger partial charge < -0.3 is 18.5 Å². The molecule has 1 unspecified atom stereocenters. The van der Waals surface area contributed by atoms with E-state index in [1.807, 2.05) is 6.07 Å². The van der Waals surface area contributed by atoms with Gasteiger partial charge in [-0.25, -0.2) is 9.88 Å². The van der Waals surface area contributed by atoms with Crippen LogP contribution in [0.5, 0.6) is 5.75 Å². The molecule has 0 aliphatic carbocycles. The zero-order valence-electron chi connectivity index (χ0n) is 17.7. The monoisotopic (exact) mass is 481 g/mol. The minimum Gasteiger partial charge on any atom is -0.468 e. The van der Waals surface area contributed by atoms with Crippen molar-refractivity contribution in [2.24, 2.45) is 0 Å². The summed E-state index contributed by atoms with van der Waals surface area (Å²) in [5, 5.41) is 2.91. The molecule has 0 radical (unpaired) electrons. The fraction of sp³-hybridized carbons (Fsp3) is 0.350. The molecule has 1 aliphatic rings. The van der Waals surface area contributed by atoms with Crippen LogP contribution in [0.4, 0.5) is 0 Å². The average molecular weight is 481 g/mol. The molecule has 1 aliphatic heterocycles. The van der Waals surface area contributed by atoms with Gasteiger partial charge in [0.05, 0.1) is 13.7 Å². The first-order valence-electron chi connectivity index (χ1n) is 9.71. The van der Waals surface area contributed by atoms with Crippen molar-refractivity contribution in [1.29, 1.82) is 0 Å². The number of esters is 1. The molecule has 1 aromatic heterocycles. The summed E-state index contributed by atoms with van der Waals surface area (Å²) < 4.78 is 23.7. The second kappa shape index (κ2) is 10.4. The third-order valence-electron chi connectivity index (χ3n) is 4.51. The first kappa shape index (κ1) is 24.1. The highest BCUT2D eigenvalue weighted by molar-refractivity contribution is 8.09. The maximum atomic E-state index is 12.1. The van der Waals surface area contributed by atoms with Crippen molar-refractivity contribution in [3.63, 3.8) is 0 Å². The Morgan fingerprint density at radius 1 is 1.31 bits per heavy atom. The minimum absolute atomic E-state index is 0.00902. The van der Waals surface area contributed by atoms with Gasteiger partial charge >= 0.3 is 18.3 Å². The van der Waals surface area contributed by atoms with Gasteiger partial charge in [-0.15, -0.1) is 0 Å². The Morgan fingerprint density at radius 2 is 2.03 bits per heavy atom. The summed E-state index contributed by atoms with van der Waals surface area (Å²) in [6.07, 6.45) is 3.60. The molecule has 3 rings (SSSR count). The number of ether oxygens (including phenoxy) is 2. The maximum Gasteiger partial charge on any atom is 0.330 e. The molecule has 10 nitrogen and oxygen atoms in total. The smallest absolute Gasteiger partial charge is 0.330 e. The summed E-state index contributed by atoms with van der Waals surface area (Å²) in [4.78, 5) is 37.8. The number of aryl methyl sites for hydroxylation is 1. The Morgan fingerprint density at radius 3 is 2.72 bits per heavy atom. The highest BCUT2D eigenvalue weighted by Crippen LogP contribution is 2.45. The number of carbonyl (C=O) groups is 1. The van der Waals surface area contributed by atoms with E-state index in [0.29, 0.717) is 11.3 Å². The number of methoxy groups -OCH3 is 1. The van der Waals surface area contributed by atoms with Gasteiger partial charge in [-0.3, -0.25) is 19.1 Å². The molecule has 0 bridgehead atoms. The van der Waals surface area contributed by atoms with E-state index < -0.39 is 42.2 Å². The molecule has 172 valence electrons. The predicted octanol–water partition coefficient (Wildman–Crippen LogP) is 1.77. The number of hydrogen-bond acceptors (Lipinski definition) is 8. The van der Waals surface area contributed by atoms with Crippen molar-refractivity contribution in [3.05, 3.63) is 75.1 Å². The summed E-state index contributed by atoms with van der Waals surface area (Å²) in [5.41, 5.74) is -0.644. The van der Waals surface area contributed by atoms with Gasteiger partial charge in [0, 0.05) is 11.8 Å². The maximum absolute atomic E-state index is 12.1. The molecule has 0 fully saturated rings. The predicted molar refractivity (Wildman–Crippen MR) is 121 cm³/mol. The second-order valence-electron chi connectivity index (χ2n) is 7.00. The fourth-order valence-electron chi connectivity index (χ4n) is 2.87. The number of nitrogens with zero attached hydrogens (tertiary/aromatic N) is 1. The van der Waals surface area contributed by atoms with Crippen LogP contribution in [0.25, 0.3) is 0 Å². The Hall–Kier alpha value is -2.56. The summed E-state index contributed by atoms with van der Waals surface area (Å²) >= 11 is 5.61. The number of hydrogen-bond donors (Lipinski definition) is 2. The molecule has 32 heavy (non-hydrogen) atoms. The lowest BCUT2D eigenvalue weighted by Crippen LogP contribution is -2.35. The van der Waals surface area contributed by atoms with Crippen LogP contribution in [0.2, 0.25) is 0 Å². The van der Waals surface area contributed by atoms with Crippen LogP contribution < -0.4 is 20.9 Å². The Balaban J connectivity index is 1.69. The quantitative estimate of drug-likeness (QED) is 0.314. The van der Waals surface area contributed by atoms with E-state index in [0.717, 1.165) is 0 Å². The molecule has 0 saturated carbocycles. The van der Waals surface area contributed by atoms with Gasteiger partial charge in [0.2, 0.25) is 0 Å². The first-order valence-corrected chi connectivity index (χ1v) is 12.4. The van der Waals surface area contributed by atoms with E-state index in [2.05, 4.69) is 10.1 Å². The van der Waals surface area contributed by atoms with E-state index in [9.17, 15) is 14.4 Å². The van der Waals surface area contributed by atoms with E-state index in [1.54, 1.807) is 50.3 Å². The van der Waals surface area contributed by atoms with Crippen LogP contribution in [0.3, 0.4) is 0 Å². The zero-order chi connectivity index (χ0) is 23.3. The van der Waals surface area contributed by atoms with Gasteiger partial charge in [0.1, 0.15) is 17.9 Å². The number of para-hydroxylation sites is 1. The van der Waals surface area contributed by atoms with E-state index in [-0.39, 0.29) is 6.61 Å². The molecular weight excluding hydrogens is 457 g/mol. The van der Waals surface area contributed by atoms with Crippen molar-refractivity contribution < 1.29 is 23.3 Å². The lowest BCUT2D eigenvalue weighted by molar-refractivity contribution is -0.142. The van der Waals surface area contributed by atoms with Gasteiger partial charge in [0.25, 0.3) is 5.56 Å². The van der Waals surface area contributed by atoms with Crippen molar-refractivity contribution in [2.45, 2.75) is 32.2 Å². The van der Waals surface area contributed by atoms with Crippen LogP contribution in [0.15, 0.2) is 58.3 Å². The van der Waals surface area contributed by atoms with Crippen LogP contribution in [0, 0.1) is 6.92 Å². The topological polar surface area (TPSA) is 121 Å². The minimum atomic E-state index is -3.18. The van der Waals surface area contributed by atoms with Gasteiger partial charge in [-0.2, -0.15) is 0 Å². The molecule has 2 heterocycles. The molecule has 1 aromatic carbocycles. The summed E-state index contributed by atoms with van der Waals surface area (Å²) in [5.74, 6) is -0.0270. The van der Waals surface area contributed by atoms with Gasteiger partial charge in [-0.1, -0.05) is 24.3 Å². The van der Waals surface area contributed by atoms with Gasteiger partial charge in [-0.05, 0) is 43.9 Å². The molecule has 12 heteroatoms. The average Bonchev–Trinajstić information content (AvgIpc) is 3.23. The molecule has 2 aromatic rings. The number of nitrogens with one attached hydrogen (secondary N) is 2. The van der Waals surface area contributed by atoms with Crippen LogP contribution >= 0.6 is 6.64 Å². The number of aromatic amines is 1. The Kier molecular flexibility index (Phi) is 7.81. The van der Waals surface area contributed by atoms with Crippen LogP contribution in [-0.2, 0) is 30.6 Å². The molecule has 0 saturated heterocycles. The van der Waals surface area contributed by atoms with Crippen LogP contribution in [0.1, 0.15) is 18.7 Å². The lowest BCUT2D eigenvalue weighted by Gasteiger charge is -2.27. The number of aromatic nitrogens is 2. The third-order valence-corrected chi connectivity index (χ3v) is 7.01. The normalized spacial score (nSPS) is 20.5. The Bertz CT molecular complexity index is 1150. The SMILES string of the molecule is COC(=O)[C@@H](C)NP(=S)(OC[C@@H]1C=C[C@H](n2cc(C)c(=O)[nH]c2=O)O1)Oc1ccccc1. The third kappa shape index (κ3) is 6.02. The van der Waals surface area contributed by atoms with Crippen molar-refractivity contribution in [2.75, 3.05) is 13.7 Å². The number of carbonyl (C=O) groups excluding carboxylic acids is 1. The molecule has 4 atom stereocenters. The molecule has 0 spiro atoms. The van der Waals surface area contributed by atoms with Crippen molar-refractivity contribution >= 4 is 24.4 Å². The second-order valence-corrected chi connectivity index (χ2v) is 10.1. The Labute approximate surface area is 189 Å². The zero-order valence-corrected chi connectivity index (χ0v) is 19.4. The largest absolute Gasteiger partial charge is 0.468 e. The van der Waals surface area contributed by atoms with Crippen molar-refractivity contribution in [3.8, 4) is 5.75 Å².